The molecule has 0 saturated heterocycles. The number of carbonyl (C=O) groups is 1. The van der Waals surface area contributed by atoms with Crippen LogP contribution in [0.1, 0.15) is 119 Å². The molecule has 10 heteroatoms. The van der Waals surface area contributed by atoms with Gasteiger partial charge in [0.1, 0.15) is 11.4 Å². The highest BCUT2D eigenvalue weighted by Gasteiger charge is 2.68. The van der Waals surface area contributed by atoms with Gasteiger partial charge in [-0.15, -0.1) is 0 Å². The van der Waals surface area contributed by atoms with Crippen molar-refractivity contribution in [1.82, 2.24) is 20.1 Å². The number of amides is 1. The number of anilines is 2. The van der Waals surface area contributed by atoms with Gasteiger partial charge in [-0.25, -0.2) is 14.5 Å². The van der Waals surface area contributed by atoms with Crippen LogP contribution in [0.15, 0.2) is 24.4 Å². The molecule has 4 fully saturated rings. The Kier molecular flexibility index (Phi) is 8.69. The SMILES string of the molecule is CC(C)(C)OC(=O)NC12CC(CCOc3cc(Nc4cc([C@H]5CC[C@@H](O[Si](C)(C)C(C)(C)C)C5)nn4C(C)(C)C)ccn3)(C1)C2. The predicted molar refractivity (Wildman–Crippen MR) is 182 cm³/mol. The fourth-order valence-electron chi connectivity index (χ4n) is 7.11. The van der Waals surface area contributed by atoms with Gasteiger partial charge in [0.25, 0.3) is 0 Å². The summed E-state index contributed by atoms with van der Waals surface area (Å²) in [5, 5.41) is 12.0. The van der Waals surface area contributed by atoms with Gasteiger partial charge in [-0.3, -0.25) is 0 Å². The van der Waals surface area contributed by atoms with Gasteiger partial charge in [0, 0.05) is 41.6 Å². The van der Waals surface area contributed by atoms with E-state index >= 15 is 0 Å². The van der Waals surface area contributed by atoms with Crippen LogP contribution >= 0.6 is 0 Å². The molecule has 2 aromatic rings. The van der Waals surface area contributed by atoms with Crippen LogP contribution in [0, 0.1) is 5.41 Å². The third kappa shape index (κ3) is 7.70. The summed E-state index contributed by atoms with van der Waals surface area (Å²) in [4.78, 5) is 16.7. The van der Waals surface area contributed by atoms with Gasteiger partial charge < -0.3 is 24.5 Å². The quantitative estimate of drug-likeness (QED) is 0.251. The number of nitrogens with one attached hydrogen (secondary N) is 2. The number of hydrogen-bond acceptors (Lipinski definition) is 7. The Labute approximate surface area is 271 Å². The Bertz CT molecular complexity index is 1360. The molecule has 2 atom stereocenters. The van der Waals surface area contributed by atoms with Crippen molar-refractivity contribution in [3.63, 3.8) is 0 Å². The van der Waals surface area contributed by atoms with Crippen molar-refractivity contribution in [3.05, 3.63) is 30.1 Å². The monoisotopic (exact) mass is 639 g/mol. The number of ether oxygens (including phenoxy) is 2. The highest BCUT2D eigenvalue weighted by atomic mass is 28.4. The van der Waals surface area contributed by atoms with E-state index in [1.807, 2.05) is 32.9 Å². The zero-order valence-corrected chi connectivity index (χ0v) is 30.6. The number of carbonyl (C=O) groups excluding carboxylic acids is 1. The van der Waals surface area contributed by atoms with Crippen LogP contribution in [-0.2, 0) is 14.7 Å². The number of aromatic nitrogens is 3. The van der Waals surface area contributed by atoms with Crippen LogP contribution in [0.3, 0.4) is 0 Å². The van der Waals surface area contributed by atoms with Gasteiger partial charge in [-0.1, -0.05) is 20.8 Å². The Morgan fingerprint density at radius 3 is 2.36 bits per heavy atom. The average molecular weight is 640 g/mol. The van der Waals surface area contributed by atoms with Crippen molar-refractivity contribution in [2.24, 2.45) is 5.41 Å². The second-order valence-electron chi connectivity index (χ2n) is 17.6. The van der Waals surface area contributed by atoms with Gasteiger partial charge in [-0.05, 0) is 116 Å². The Morgan fingerprint density at radius 2 is 1.73 bits per heavy atom. The summed E-state index contributed by atoms with van der Waals surface area (Å²) in [7, 11) is -1.80. The first-order chi connectivity index (χ1) is 20.7. The summed E-state index contributed by atoms with van der Waals surface area (Å²) in [6, 6.07) is 6.15. The zero-order valence-electron chi connectivity index (χ0n) is 29.6. The summed E-state index contributed by atoms with van der Waals surface area (Å²) in [6.07, 6.45) is 8.92. The van der Waals surface area contributed by atoms with E-state index in [0.29, 0.717) is 24.5 Å². The number of alkyl carbamates (subject to hydrolysis) is 1. The molecule has 6 rings (SSSR count). The molecule has 2 heterocycles. The van der Waals surface area contributed by atoms with Crippen molar-refractivity contribution in [2.75, 3.05) is 11.9 Å². The first-order valence-electron chi connectivity index (χ1n) is 16.8. The molecule has 0 radical (unpaired) electrons. The van der Waals surface area contributed by atoms with Gasteiger partial charge in [0.15, 0.2) is 8.32 Å². The lowest BCUT2D eigenvalue weighted by atomic mass is 9.38. The minimum atomic E-state index is -1.80. The Hall–Kier alpha value is -2.59. The lowest BCUT2D eigenvalue weighted by Crippen LogP contribution is -2.75. The third-order valence-electron chi connectivity index (χ3n) is 10.2. The Balaban J connectivity index is 1.15. The molecule has 4 aliphatic rings. The van der Waals surface area contributed by atoms with Crippen molar-refractivity contribution >= 4 is 25.9 Å². The maximum atomic E-state index is 12.2. The van der Waals surface area contributed by atoms with Crippen LogP contribution in [0.5, 0.6) is 5.88 Å². The second kappa shape index (κ2) is 11.6. The van der Waals surface area contributed by atoms with Gasteiger partial charge in [0.2, 0.25) is 5.88 Å². The molecule has 9 nitrogen and oxygen atoms in total. The van der Waals surface area contributed by atoms with E-state index in [2.05, 4.69) is 81.0 Å². The summed E-state index contributed by atoms with van der Waals surface area (Å²) in [5.74, 6) is 1.98. The highest BCUT2D eigenvalue weighted by Crippen LogP contribution is 2.69. The lowest BCUT2D eigenvalue weighted by Gasteiger charge is -2.70. The molecule has 45 heavy (non-hydrogen) atoms. The van der Waals surface area contributed by atoms with Gasteiger partial charge >= 0.3 is 6.09 Å². The predicted octanol–water partition coefficient (Wildman–Crippen LogP) is 8.65. The third-order valence-corrected chi connectivity index (χ3v) is 14.8. The van der Waals surface area contributed by atoms with Gasteiger partial charge in [-0.2, -0.15) is 5.10 Å². The lowest BCUT2D eigenvalue weighted by molar-refractivity contribution is -0.160. The fourth-order valence-corrected chi connectivity index (χ4v) is 8.51. The van der Waals surface area contributed by atoms with Crippen LogP contribution in [0.2, 0.25) is 18.1 Å². The first kappa shape index (κ1) is 33.8. The fraction of sp³-hybridized carbons (Fsp3) is 0.743. The first-order valence-corrected chi connectivity index (χ1v) is 19.7. The molecule has 0 aromatic carbocycles. The largest absolute Gasteiger partial charge is 0.478 e. The summed E-state index contributed by atoms with van der Waals surface area (Å²) in [6.45, 7) is 24.4. The number of nitrogens with zero attached hydrogens (tertiary/aromatic N) is 3. The molecule has 250 valence electrons. The van der Waals surface area contributed by atoms with E-state index in [-0.39, 0.29) is 27.6 Å². The molecule has 2 aromatic heterocycles. The topological polar surface area (TPSA) is 99.5 Å². The molecule has 1 amide bonds. The van der Waals surface area contributed by atoms with Crippen LogP contribution < -0.4 is 15.4 Å². The summed E-state index contributed by atoms with van der Waals surface area (Å²) < 4.78 is 20.5. The molecule has 0 unspecified atom stereocenters. The normalized spacial score (nSPS) is 26.6. The summed E-state index contributed by atoms with van der Waals surface area (Å²) in [5.41, 5.74) is 1.57. The molecule has 4 aliphatic carbocycles. The number of pyridine rings is 1. The standard InChI is InChI=1S/C35H57N5O4Si/c1-31(2,3)40-28(20-27(39-40)24-12-13-26(18-24)44-45(10,11)33(7,8)9)37-25-14-16-36-29(19-25)42-17-15-34-21-35(22-34,23-34)38-30(41)43-32(4,5)6/h14,16,19-20,24,26H,12-13,15,17-18,21-23H2,1-11H3,(H,36,37)(H,38,41)/t24-,26+,34?,35?/m0/s1. The summed E-state index contributed by atoms with van der Waals surface area (Å²) >= 11 is 0. The minimum Gasteiger partial charge on any atom is -0.478 e. The molecule has 2 N–H and O–H groups in total. The maximum absolute atomic E-state index is 12.2. The molecule has 0 spiro atoms. The second-order valence-corrected chi connectivity index (χ2v) is 22.3. The molecular weight excluding hydrogens is 583 g/mol. The van der Waals surface area contributed by atoms with Crippen molar-refractivity contribution in [2.45, 2.75) is 154 Å². The average Bonchev–Trinajstić information content (AvgIpc) is 3.47. The van der Waals surface area contributed by atoms with Crippen molar-refractivity contribution in [1.29, 1.82) is 0 Å². The van der Waals surface area contributed by atoms with Crippen LogP contribution in [0.25, 0.3) is 0 Å². The van der Waals surface area contributed by atoms with E-state index < -0.39 is 13.9 Å². The molecule has 4 saturated carbocycles. The van der Waals surface area contributed by atoms with Crippen molar-refractivity contribution in [3.8, 4) is 5.88 Å². The highest BCUT2D eigenvalue weighted by molar-refractivity contribution is 6.74. The molecule has 0 aliphatic heterocycles. The number of rotatable bonds is 10. The number of hydrogen-bond donors (Lipinski definition) is 2. The molecule has 2 bridgehead atoms. The van der Waals surface area contributed by atoms with Crippen molar-refractivity contribution < 1.29 is 18.7 Å². The van der Waals surface area contributed by atoms with E-state index in [9.17, 15) is 4.79 Å². The minimum absolute atomic E-state index is 0.0869. The van der Waals surface area contributed by atoms with Gasteiger partial charge in [0.05, 0.1) is 17.8 Å². The maximum Gasteiger partial charge on any atom is 0.408 e. The van der Waals surface area contributed by atoms with Crippen LogP contribution in [-0.4, -0.2) is 53.0 Å². The van der Waals surface area contributed by atoms with Crippen LogP contribution in [0.4, 0.5) is 16.3 Å². The van der Waals surface area contributed by atoms with E-state index in [4.69, 9.17) is 19.0 Å². The Morgan fingerprint density at radius 1 is 1.04 bits per heavy atom. The van der Waals surface area contributed by atoms with E-state index in [0.717, 1.165) is 62.1 Å². The van der Waals surface area contributed by atoms with E-state index in [1.54, 1.807) is 6.20 Å². The smallest absolute Gasteiger partial charge is 0.408 e. The zero-order chi connectivity index (χ0) is 33.1. The van der Waals surface area contributed by atoms with E-state index in [1.165, 1.54) is 0 Å². The molecular formula is C35H57N5O4Si.